The van der Waals surface area contributed by atoms with Crippen LogP contribution in [0.2, 0.25) is 0 Å². The van der Waals surface area contributed by atoms with Crippen molar-refractivity contribution >= 4 is 5.97 Å². The molecule has 0 saturated carbocycles. The van der Waals surface area contributed by atoms with E-state index in [4.69, 9.17) is 15.2 Å². The van der Waals surface area contributed by atoms with Gasteiger partial charge in [-0.1, -0.05) is 0 Å². The Balaban J connectivity index is 3.85. The summed E-state index contributed by atoms with van der Waals surface area (Å²) in [5.74, 6) is -0.432. The van der Waals surface area contributed by atoms with Crippen LogP contribution in [0.3, 0.4) is 0 Å². The van der Waals surface area contributed by atoms with E-state index in [-0.39, 0.29) is 6.10 Å². The molecule has 2 unspecified atom stereocenters. The number of hydrogen-bond donors (Lipinski definition) is 1. The molecule has 78 valence electrons. The molecule has 5 heteroatoms. The maximum atomic E-state index is 10.9. The van der Waals surface area contributed by atoms with Crippen molar-refractivity contribution in [1.82, 2.24) is 0 Å². The van der Waals surface area contributed by atoms with E-state index in [9.17, 15) is 4.79 Å². The lowest BCUT2D eigenvalue weighted by molar-refractivity contribution is -0.143. The number of carbonyl (C=O) groups is 1. The van der Waals surface area contributed by atoms with E-state index in [2.05, 4.69) is 4.74 Å². The summed E-state index contributed by atoms with van der Waals surface area (Å²) in [6.07, 6.45) is 0.232. The summed E-state index contributed by atoms with van der Waals surface area (Å²) in [4.78, 5) is 10.9. The van der Waals surface area contributed by atoms with Gasteiger partial charge in [-0.05, 0) is 0 Å². The van der Waals surface area contributed by atoms with Crippen molar-refractivity contribution in [2.24, 2.45) is 5.73 Å². The molecular weight excluding hydrogens is 174 g/mol. The van der Waals surface area contributed by atoms with Crippen LogP contribution < -0.4 is 5.73 Å². The van der Waals surface area contributed by atoms with E-state index in [1.54, 1.807) is 14.2 Å². The summed E-state index contributed by atoms with van der Waals surface area (Å²) < 4.78 is 14.4. The Morgan fingerprint density at radius 1 is 1.38 bits per heavy atom. The zero-order chi connectivity index (χ0) is 10.3. The van der Waals surface area contributed by atoms with Crippen LogP contribution in [0.4, 0.5) is 0 Å². The minimum absolute atomic E-state index is 0.168. The van der Waals surface area contributed by atoms with Crippen molar-refractivity contribution in [3.8, 4) is 0 Å². The van der Waals surface area contributed by atoms with E-state index < -0.39 is 12.0 Å². The van der Waals surface area contributed by atoms with Crippen molar-refractivity contribution in [3.63, 3.8) is 0 Å². The van der Waals surface area contributed by atoms with Crippen LogP contribution in [0.1, 0.15) is 6.42 Å². The zero-order valence-corrected chi connectivity index (χ0v) is 8.28. The third kappa shape index (κ3) is 4.82. The van der Waals surface area contributed by atoms with Gasteiger partial charge in [0, 0.05) is 20.6 Å². The van der Waals surface area contributed by atoms with Crippen molar-refractivity contribution in [2.45, 2.75) is 18.6 Å². The highest BCUT2D eigenvalue weighted by Crippen LogP contribution is 2.02. The second kappa shape index (κ2) is 6.82. The third-order valence-electron chi connectivity index (χ3n) is 1.71. The first kappa shape index (κ1) is 12.3. The topological polar surface area (TPSA) is 70.8 Å². The van der Waals surface area contributed by atoms with Crippen LogP contribution in [-0.4, -0.2) is 46.1 Å². The molecule has 0 rings (SSSR count). The van der Waals surface area contributed by atoms with Gasteiger partial charge in [0.2, 0.25) is 0 Å². The van der Waals surface area contributed by atoms with Crippen LogP contribution in [0, 0.1) is 0 Å². The molecule has 5 nitrogen and oxygen atoms in total. The maximum absolute atomic E-state index is 10.9. The van der Waals surface area contributed by atoms with Gasteiger partial charge in [0.15, 0.2) is 0 Å². The third-order valence-corrected chi connectivity index (χ3v) is 1.71. The number of carbonyl (C=O) groups excluding carboxylic acids is 1. The summed E-state index contributed by atoms with van der Waals surface area (Å²) in [6, 6.07) is -0.648. The fourth-order valence-corrected chi connectivity index (χ4v) is 0.949. The smallest absolute Gasteiger partial charge is 0.322 e. The molecule has 0 heterocycles. The molecule has 0 aliphatic rings. The molecule has 0 saturated heterocycles. The molecule has 0 aromatic heterocycles. The average molecular weight is 191 g/mol. The lowest BCUT2D eigenvalue weighted by Gasteiger charge is -2.17. The molecule has 2 atom stereocenters. The van der Waals surface area contributed by atoms with Crippen molar-refractivity contribution in [1.29, 1.82) is 0 Å². The number of rotatable bonds is 6. The van der Waals surface area contributed by atoms with Gasteiger partial charge in [0.05, 0.1) is 19.8 Å². The van der Waals surface area contributed by atoms with E-state index in [0.717, 1.165) is 0 Å². The fourth-order valence-electron chi connectivity index (χ4n) is 0.949. The molecule has 0 spiro atoms. The lowest BCUT2D eigenvalue weighted by Crippen LogP contribution is -2.37. The molecule has 0 aliphatic carbocycles. The Bertz CT molecular complexity index is 151. The van der Waals surface area contributed by atoms with Gasteiger partial charge in [-0.3, -0.25) is 4.79 Å². The molecule has 0 aromatic carbocycles. The number of hydrogen-bond acceptors (Lipinski definition) is 5. The van der Waals surface area contributed by atoms with Crippen LogP contribution in [-0.2, 0) is 19.0 Å². The Hall–Kier alpha value is -0.650. The van der Waals surface area contributed by atoms with E-state index in [1.807, 2.05) is 0 Å². The Kier molecular flexibility index (Phi) is 6.48. The first-order valence-electron chi connectivity index (χ1n) is 4.00. The predicted molar refractivity (Wildman–Crippen MR) is 47.3 cm³/mol. The SMILES string of the molecule is COCC(CC(N)C(=O)OC)OC. The second-order valence-electron chi connectivity index (χ2n) is 2.68. The van der Waals surface area contributed by atoms with Crippen molar-refractivity contribution < 1.29 is 19.0 Å². The molecule has 0 aliphatic heterocycles. The standard InChI is InChI=1S/C8H17NO4/c1-11-5-6(12-2)4-7(9)8(10)13-3/h6-7H,4-5,9H2,1-3H3. The first-order chi connectivity index (χ1) is 6.15. The highest BCUT2D eigenvalue weighted by atomic mass is 16.5. The zero-order valence-electron chi connectivity index (χ0n) is 8.28. The summed E-state index contributed by atoms with van der Waals surface area (Å²) >= 11 is 0. The van der Waals surface area contributed by atoms with Gasteiger partial charge < -0.3 is 19.9 Å². The predicted octanol–water partition coefficient (Wildman–Crippen LogP) is -0.462. The number of ether oxygens (including phenoxy) is 3. The van der Waals surface area contributed by atoms with Crippen LogP contribution in [0.5, 0.6) is 0 Å². The molecule has 0 amide bonds. The van der Waals surface area contributed by atoms with Gasteiger partial charge in [-0.2, -0.15) is 0 Å². The quantitative estimate of drug-likeness (QED) is 0.575. The second-order valence-corrected chi connectivity index (χ2v) is 2.68. The van der Waals surface area contributed by atoms with Crippen LogP contribution >= 0.6 is 0 Å². The highest BCUT2D eigenvalue weighted by Gasteiger charge is 2.19. The van der Waals surface area contributed by atoms with Crippen molar-refractivity contribution in [2.75, 3.05) is 27.9 Å². The molecule has 13 heavy (non-hydrogen) atoms. The van der Waals surface area contributed by atoms with E-state index in [0.29, 0.717) is 13.0 Å². The van der Waals surface area contributed by atoms with Crippen molar-refractivity contribution in [3.05, 3.63) is 0 Å². The van der Waals surface area contributed by atoms with Gasteiger partial charge >= 0.3 is 5.97 Å². The maximum Gasteiger partial charge on any atom is 0.322 e. The summed E-state index contributed by atoms with van der Waals surface area (Å²) in [7, 11) is 4.42. The number of nitrogens with two attached hydrogens (primary N) is 1. The van der Waals surface area contributed by atoms with E-state index in [1.165, 1.54) is 7.11 Å². The Labute approximate surface area is 78.1 Å². The highest BCUT2D eigenvalue weighted by molar-refractivity contribution is 5.75. The largest absolute Gasteiger partial charge is 0.468 e. The summed E-state index contributed by atoms with van der Waals surface area (Å²) in [5.41, 5.74) is 5.52. The van der Waals surface area contributed by atoms with Gasteiger partial charge in [0.25, 0.3) is 0 Å². The molecule has 0 bridgehead atoms. The average Bonchev–Trinajstić information content (AvgIpc) is 2.15. The molecule has 0 aromatic rings. The Morgan fingerprint density at radius 3 is 2.38 bits per heavy atom. The minimum atomic E-state index is -0.648. The fraction of sp³-hybridized carbons (Fsp3) is 0.875. The number of methoxy groups -OCH3 is 3. The van der Waals surface area contributed by atoms with E-state index >= 15 is 0 Å². The monoisotopic (exact) mass is 191 g/mol. The van der Waals surface area contributed by atoms with Gasteiger partial charge in [-0.25, -0.2) is 0 Å². The molecule has 0 radical (unpaired) electrons. The van der Waals surface area contributed by atoms with Gasteiger partial charge in [-0.15, -0.1) is 0 Å². The lowest BCUT2D eigenvalue weighted by atomic mass is 10.1. The van der Waals surface area contributed by atoms with Crippen LogP contribution in [0.25, 0.3) is 0 Å². The summed E-state index contributed by atoms with van der Waals surface area (Å²) in [6.45, 7) is 0.418. The minimum Gasteiger partial charge on any atom is -0.468 e. The summed E-state index contributed by atoms with van der Waals surface area (Å²) in [5, 5.41) is 0. The molecule has 2 N–H and O–H groups in total. The normalized spacial score (nSPS) is 15.1. The molecular formula is C8H17NO4. The van der Waals surface area contributed by atoms with Crippen LogP contribution in [0.15, 0.2) is 0 Å². The first-order valence-corrected chi connectivity index (χ1v) is 4.00. The number of esters is 1. The Morgan fingerprint density at radius 2 is 2.00 bits per heavy atom. The van der Waals surface area contributed by atoms with Gasteiger partial charge in [0.1, 0.15) is 6.04 Å². The molecule has 0 fully saturated rings.